The molecule has 4 aliphatic rings. The number of benzene rings is 1. The van der Waals surface area contributed by atoms with Gasteiger partial charge in [0.25, 0.3) is 5.91 Å². The average molecular weight is 364 g/mol. The summed E-state index contributed by atoms with van der Waals surface area (Å²) in [6, 6.07) is 7.53. The third kappa shape index (κ3) is 2.85. The van der Waals surface area contributed by atoms with E-state index >= 15 is 0 Å². The number of Topliss-reactive ketones (excluding diaryl/α,β-unsaturated/α-hetero) is 1. The monoisotopic (exact) mass is 364 g/mol. The summed E-state index contributed by atoms with van der Waals surface area (Å²) in [6.07, 6.45) is 9.18. The first-order chi connectivity index (χ1) is 13.0. The molecule has 1 amide bonds. The predicted octanol–water partition coefficient (Wildman–Crippen LogP) is 3.68. The van der Waals surface area contributed by atoms with Crippen molar-refractivity contribution in [3.05, 3.63) is 41.6 Å². The third-order valence-corrected chi connectivity index (χ3v) is 7.10. The normalized spacial score (nSPS) is 31.2. The molecule has 2 aromatic rings. The number of hydrogen-bond acceptors (Lipinski definition) is 4. The van der Waals surface area contributed by atoms with E-state index in [4.69, 9.17) is 5.21 Å². The fourth-order valence-electron chi connectivity index (χ4n) is 6.30. The van der Waals surface area contributed by atoms with Gasteiger partial charge in [-0.1, -0.05) is 6.07 Å². The lowest BCUT2D eigenvalue weighted by Gasteiger charge is -2.56. The van der Waals surface area contributed by atoms with Crippen molar-refractivity contribution in [2.75, 3.05) is 0 Å². The second-order valence-corrected chi connectivity index (χ2v) is 8.99. The number of rotatable bonds is 4. The second-order valence-electron chi connectivity index (χ2n) is 8.99. The van der Waals surface area contributed by atoms with Gasteiger partial charge in [0, 0.05) is 23.4 Å². The Bertz CT molecular complexity index is 901. The lowest BCUT2D eigenvalue weighted by atomic mass is 9.48. The summed E-state index contributed by atoms with van der Waals surface area (Å²) in [4.78, 5) is 29.2. The van der Waals surface area contributed by atoms with Gasteiger partial charge in [0.05, 0.1) is 11.1 Å². The minimum Gasteiger partial charge on any atom is -0.299 e. The maximum Gasteiger partial charge on any atom is 0.276 e. The first kappa shape index (κ1) is 16.9. The molecule has 5 heteroatoms. The SMILES string of the molecule is O=C(NO)c1cnc2ccc(CC(=O)C34CC5CC(CC(C5)C3)C4)cc2c1. The molecule has 27 heavy (non-hydrogen) atoms. The number of aromatic nitrogens is 1. The number of ketones is 1. The Morgan fingerprint density at radius 1 is 1.07 bits per heavy atom. The van der Waals surface area contributed by atoms with Crippen molar-refractivity contribution in [3.63, 3.8) is 0 Å². The van der Waals surface area contributed by atoms with Crippen LogP contribution in [0.2, 0.25) is 0 Å². The summed E-state index contributed by atoms with van der Waals surface area (Å²) in [6.45, 7) is 0. The number of carbonyl (C=O) groups is 2. The highest BCUT2D eigenvalue weighted by molar-refractivity contribution is 5.97. The van der Waals surface area contributed by atoms with Crippen molar-refractivity contribution >= 4 is 22.6 Å². The summed E-state index contributed by atoms with van der Waals surface area (Å²) in [5.74, 6) is 2.11. The van der Waals surface area contributed by atoms with Crippen molar-refractivity contribution < 1.29 is 14.8 Å². The number of carbonyl (C=O) groups excluding carboxylic acids is 2. The van der Waals surface area contributed by atoms with E-state index in [1.807, 2.05) is 18.2 Å². The number of fused-ring (bicyclic) bond motifs is 1. The number of hydrogen-bond donors (Lipinski definition) is 2. The van der Waals surface area contributed by atoms with Crippen molar-refractivity contribution in [2.45, 2.75) is 44.9 Å². The van der Waals surface area contributed by atoms with E-state index < -0.39 is 5.91 Å². The van der Waals surface area contributed by atoms with Crippen LogP contribution in [0.15, 0.2) is 30.5 Å². The molecular formula is C22H24N2O3. The Hall–Kier alpha value is -2.27. The standard InChI is InChI=1S/C22H24N2O3/c25-20(22-9-14-3-15(10-22)5-16(4-14)11-22)7-13-1-2-19-17(6-13)8-18(12-23-19)21(26)24-27/h1-2,6,8,12,14-16,27H,3-5,7,9-11H2,(H,24,26). The molecule has 6 rings (SSSR count). The molecule has 0 radical (unpaired) electrons. The van der Waals surface area contributed by atoms with Crippen molar-refractivity contribution in [2.24, 2.45) is 23.2 Å². The Labute approximate surface area is 158 Å². The number of nitrogens with one attached hydrogen (secondary N) is 1. The van der Waals surface area contributed by atoms with Crippen LogP contribution in [0.5, 0.6) is 0 Å². The summed E-state index contributed by atoms with van der Waals surface area (Å²) >= 11 is 0. The van der Waals surface area contributed by atoms with Gasteiger partial charge in [0.15, 0.2) is 0 Å². The molecular weight excluding hydrogens is 340 g/mol. The number of nitrogens with zero attached hydrogens (tertiary/aromatic N) is 1. The molecule has 5 nitrogen and oxygen atoms in total. The molecule has 0 spiro atoms. The van der Waals surface area contributed by atoms with Gasteiger partial charge in [0.1, 0.15) is 5.78 Å². The van der Waals surface area contributed by atoms with Crippen LogP contribution in [-0.2, 0) is 11.2 Å². The van der Waals surface area contributed by atoms with Gasteiger partial charge in [-0.15, -0.1) is 0 Å². The fourth-order valence-corrected chi connectivity index (χ4v) is 6.30. The van der Waals surface area contributed by atoms with E-state index in [9.17, 15) is 9.59 Å². The summed E-state index contributed by atoms with van der Waals surface area (Å²) in [7, 11) is 0. The van der Waals surface area contributed by atoms with E-state index in [0.29, 0.717) is 17.8 Å². The van der Waals surface area contributed by atoms with Crippen LogP contribution in [0.1, 0.15) is 54.4 Å². The molecule has 4 saturated carbocycles. The minimum absolute atomic E-state index is 0.0828. The largest absolute Gasteiger partial charge is 0.299 e. The molecule has 2 N–H and O–H groups in total. The predicted molar refractivity (Wildman–Crippen MR) is 100 cm³/mol. The fraction of sp³-hybridized carbons (Fsp3) is 0.500. The minimum atomic E-state index is -0.584. The van der Waals surface area contributed by atoms with Crippen molar-refractivity contribution in [1.82, 2.24) is 10.5 Å². The van der Waals surface area contributed by atoms with Crippen molar-refractivity contribution in [1.29, 1.82) is 0 Å². The Morgan fingerprint density at radius 2 is 1.74 bits per heavy atom. The van der Waals surface area contributed by atoms with E-state index in [2.05, 4.69) is 4.98 Å². The Balaban J connectivity index is 1.41. The first-order valence-electron chi connectivity index (χ1n) is 9.91. The Morgan fingerprint density at radius 3 is 2.37 bits per heavy atom. The van der Waals surface area contributed by atoms with Crippen LogP contribution >= 0.6 is 0 Å². The zero-order valence-corrected chi connectivity index (χ0v) is 15.3. The molecule has 0 atom stereocenters. The molecule has 0 saturated heterocycles. The molecule has 1 heterocycles. The zero-order chi connectivity index (χ0) is 18.6. The molecule has 0 aliphatic heterocycles. The smallest absolute Gasteiger partial charge is 0.276 e. The van der Waals surface area contributed by atoms with Gasteiger partial charge in [-0.2, -0.15) is 0 Å². The third-order valence-electron chi connectivity index (χ3n) is 7.10. The molecule has 1 aromatic carbocycles. The maximum absolute atomic E-state index is 13.3. The summed E-state index contributed by atoms with van der Waals surface area (Å²) in [5, 5.41) is 9.63. The Kier molecular flexibility index (Phi) is 3.83. The van der Waals surface area contributed by atoms with Gasteiger partial charge in [-0.25, -0.2) is 5.48 Å². The highest BCUT2D eigenvalue weighted by Gasteiger charge is 2.53. The average Bonchev–Trinajstić information content (AvgIpc) is 2.65. The highest BCUT2D eigenvalue weighted by atomic mass is 16.5. The van der Waals surface area contributed by atoms with E-state index in [-0.39, 0.29) is 5.41 Å². The topological polar surface area (TPSA) is 79.3 Å². The number of amides is 1. The second kappa shape index (κ2) is 6.13. The lowest BCUT2D eigenvalue weighted by Crippen LogP contribution is -2.50. The molecule has 4 bridgehead atoms. The molecule has 140 valence electrons. The first-order valence-corrected chi connectivity index (χ1v) is 9.91. The van der Waals surface area contributed by atoms with Crippen LogP contribution in [0.3, 0.4) is 0 Å². The molecule has 4 fully saturated rings. The number of pyridine rings is 1. The summed E-state index contributed by atoms with van der Waals surface area (Å²) < 4.78 is 0. The lowest BCUT2D eigenvalue weighted by molar-refractivity contribution is -0.143. The molecule has 0 unspecified atom stereocenters. The molecule has 4 aliphatic carbocycles. The zero-order valence-electron chi connectivity index (χ0n) is 15.3. The van der Waals surface area contributed by atoms with Crippen LogP contribution in [0.25, 0.3) is 10.9 Å². The van der Waals surface area contributed by atoms with Gasteiger partial charge in [-0.05, 0) is 80.0 Å². The van der Waals surface area contributed by atoms with Gasteiger partial charge in [0.2, 0.25) is 0 Å². The highest BCUT2D eigenvalue weighted by Crippen LogP contribution is 2.60. The maximum atomic E-state index is 13.3. The number of hydroxylamine groups is 1. The quantitative estimate of drug-likeness (QED) is 0.641. The van der Waals surface area contributed by atoms with E-state index in [1.54, 1.807) is 11.5 Å². The molecule has 1 aromatic heterocycles. The van der Waals surface area contributed by atoms with Crippen LogP contribution in [-0.4, -0.2) is 21.9 Å². The van der Waals surface area contributed by atoms with E-state index in [0.717, 1.165) is 53.5 Å². The summed E-state index contributed by atoms with van der Waals surface area (Å²) in [5.41, 5.74) is 3.60. The van der Waals surface area contributed by atoms with Crippen LogP contribution in [0.4, 0.5) is 0 Å². The van der Waals surface area contributed by atoms with Gasteiger partial charge in [-0.3, -0.25) is 19.8 Å². The van der Waals surface area contributed by atoms with Crippen LogP contribution in [0, 0.1) is 23.2 Å². The van der Waals surface area contributed by atoms with Gasteiger partial charge < -0.3 is 0 Å². The van der Waals surface area contributed by atoms with E-state index in [1.165, 1.54) is 25.5 Å². The van der Waals surface area contributed by atoms with Crippen molar-refractivity contribution in [3.8, 4) is 0 Å². The van der Waals surface area contributed by atoms with Crippen LogP contribution < -0.4 is 5.48 Å². The van der Waals surface area contributed by atoms with Gasteiger partial charge >= 0.3 is 0 Å².